The van der Waals surface area contributed by atoms with Gasteiger partial charge in [-0.1, -0.05) is 18.1 Å². The lowest BCUT2D eigenvalue weighted by molar-refractivity contribution is -0.121. The Morgan fingerprint density at radius 3 is 2.46 bits per heavy atom. The smallest absolute Gasteiger partial charge is 0.257 e. The van der Waals surface area contributed by atoms with Crippen LogP contribution in [0.25, 0.3) is 0 Å². The minimum atomic E-state index is -0.647. The number of fused-ring (bicyclic) bond motifs is 1. The number of piperidine rings is 1. The summed E-state index contributed by atoms with van der Waals surface area (Å²) in [5.74, 6) is 1.56. The molecule has 1 aromatic heterocycles. The first-order valence-electron chi connectivity index (χ1n) is 13.1. The molecule has 12 heteroatoms. The lowest BCUT2D eigenvalue weighted by Gasteiger charge is -2.33. The molecule has 2 aromatic rings. The van der Waals surface area contributed by atoms with Crippen LogP contribution in [0.4, 0.5) is 11.4 Å². The van der Waals surface area contributed by atoms with Crippen LogP contribution in [0.5, 0.6) is 0 Å². The number of aliphatic imine (C=N–C) groups is 3. The normalized spacial score (nSPS) is 23.8. The van der Waals surface area contributed by atoms with Crippen molar-refractivity contribution in [2.24, 2.45) is 31.9 Å². The van der Waals surface area contributed by atoms with Crippen LogP contribution in [0.1, 0.15) is 44.3 Å². The number of nitrogens with zero attached hydrogens (tertiary/aromatic N) is 9. The molecule has 5 heterocycles. The van der Waals surface area contributed by atoms with Gasteiger partial charge >= 0.3 is 0 Å². The third kappa shape index (κ3) is 5.27. The zero-order valence-electron chi connectivity index (χ0n) is 20.8. The van der Waals surface area contributed by atoms with Crippen molar-refractivity contribution in [2.75, 3.05) is 31.1 Å². The fourth-order valence-corrected chi connectivity index (χ4v) is 5.38. The molecular weight excluding hydrogens is 470 g/mol. The summed E-state index contributed by atoms with van der Waals surface area (Å²) in [4.78, 5) is 31.6. The second-order valence-corrected chi connectivity index (χ2v) is 9.97. The number of amides is 1. The van der Waals surface area contributed by atoms with Crippen molar-refractivity contribution in [1.29, 1.82) is 0 Å². The number of anilines is 1. The maximum absolute atomic E-state index is 12.7. The van der Waals surface area contributed by atoms with Crippen molar-refractivity contribution in [3.05, 3.63) is 30.1 Å². The molecule has 0 spiro atoms. The minimum absolute atomic E-state index is 0.251. The summed E-state index contributed by atoms with van der Waals surface area (Å²) in [6.07, 6.45) is 9.33. The van der Waals surface area contributed by atoms with Crippen LogP contribution in [0, 0.1) is 11.8 Å². The van der Waals surface area contributed by atoms with Crippen LogP contribution in [-0.4, -0.2) is 81.3 Å². The number of carbonyl (C=O) groups is 1. The number of rotatable bonds is 4. The number of benzene rings is 1. The maximum Gasteiger partial charge on any atom is 0.257 e. The number of carbonyl (C=O) groups excluding carboxylic acids is 1. The average Bonchev–Trinajstić information content (AvgIpc) is 3.28. The van der Waals surface area contributed by atoms with Crippen LogP contribution in [0.2, 0.25) is 0 Å². The number of hydrogen-bond acceptors (Lipinski definition) is 9. The zero-order chi connectivity index (χ0) is 25.0. The van der Waals surface area contributed by atoms with Crippen LogP contribution in [0.3, 0.4) is 0 Å². The number of tetrazole rings is 1. The predicted octanol–water partition coefficient (Wildman–Crippen LogP) is 2.11. The molecule has 12 nitrogen and oxygen atoms in total. The summed E-state index contributed by atoms with van der Waals surface area (Å²) in [6, 6.07) is 8.18. The molecule has 0 radical (unpaired) electrons. The largest absolute Gasteiger partial charge is 0.372 e. The van der Waals surface area contributed by atoms with Crippen LogP contribution < -0.4 is 10.3 Å². The molecule has 192 valence electrons. The lowest BCUT2D eigenvalue weighted by atomic mass is 9.93. The van der Waals surface area contributed by atoms with Gasteiger partial charge in [-0.3, -0.25) is 4.79 Å². The first kappa shape index (κ1) is 23.4. The summed E-state index contributed by atoms with van der Waals surface area (Å²) in [7, 11) is 0. The van der Waals surface area contributed by atoms with E-state index in [1.807, 2.05) is 12.1 Å². The molecule has 0 bridgehead atoms. The number of guanidine groups is 1. The van der Waals surface area contributed by atoms with E-state index < -0.39 is 5.92 Å². The molecule has 1 aromatic carbocycles. The summed E-state index contributed by atoms with van der Waals surface area (Å²) >= 11 is 0. The first-order chi connectivity index (χ1) is 18.2. The van der Waals surface area contributed by atoms with Gasteiger partial charge in [0.15, 0.2) is 11.7 Å². The quantitative estimate of drug-likeness (QED) is 0.658. The molecule has 37 heavy (non-hydrogen) atoms. The summed E-state index contributed by atoms with van der Waals surface area (Å²) < 4.78 is 0. The third-order valence-electron chi connectivity index (χ3n) is 7.45. The highest BCUT2D eigenvalue weighted by atomic mass is 16.2. The SMILES string of the molecule is O=C1NN=CC2=NC(N3CCCCCC3)=NC(=Nc3ccc(N4CCC(Cc5nn[nH]n5)CC4)cc3)C12. The van der Waals surface area contributed by atoms with Gasteiger partial charge in [-0.2, -0.15) is 15.3 Å². The number of amidine groups is 1. The second-order valence-electron chi connectivity index (χ2n) is 9.97. The van der Waals surface area contributed by atoms with E-state index in [9.17, 15) is 4.79 Å². The number of likely N-dealkylation sites (tertiary alicyclic amines) is 1. The van der Waals surface area contributed by atoms with E-state index in [2.05, 4.69) is 53.1 Å². The Morgan fingerprint density at radius 2 is 1.73 bits per heavy atom. The van der Waals surface area contributed by atoms with Gasteiger partial charge < -0.3 is 9.80 Å². The van der Waals surface area contributed by atoms with Crippen molar-refractivity contribution < 1.29 is 4.79 Å². The summed E-state index contributed by atoms with van der Waals surface area (Å²) in [5, 5.41) is 18.3. The van der Waals surface area contributed by atoms with Crippen molar-refractivity contribution in [3.63, 3.8) is 0 Å². The highest BCUT2D eigenvalue weighted by Gasteiger charge is 2.36. The molecule has 4 aliphatic rings. The second kappa shape index (κ2) is 10.6. The number of hydrogen-bond donors (Lipinski definition) is 2. The molecule has 6 rings (SSSR count). The fraction of sp³-hybridized carbons (Fsp3) is 0.520. The van der Waals surface area contributed by atoms with E-state index in [1.165, 1.54) is 18.5 Å². The van der Waals surface area contributed by atoms with E-state index in [0.29, 0.717) is 23.4 Å². The third-order valence-corrected chi connectivity index (χ3v) is 7.45. The van der Waals surface area contributed by atoms with Crippen molar-refractivity contribution in [3.8, 4) is 0 Å². The van der Waals surface area contributed by atoms with E-state index in [4.69, 9.17) is 15.0 Å². The average molecular weight is 502 g/mol. The summed E-state index contributed by atoms with van der Waals surface area (Å²) in [5.41, 5.74) is 5.07. The van der Waals surface area contributed by atoms with Gasteiger partial charge in [0.2, 0.25) is 5.96 Å². The molecule has 1 unspecified atom stereocenters. The van der Waals surface area contributed by atoms with Crippen molar-refractivity contribution >= 4 is 41.0 Å². The predicted molar refractivity (Wildman–Crippen MR) is 141 cm³/mol. The zero-order valence-corrected chi connectivity index (χ0v) is 20.8. The Kier molecular flexibility index (Phi) is 6.70. The number of nitrogens with one attached hydrogen (secondary N) is 2. The van der Waals surface area contributed by atoms with Gasteiger partial charge in [0.05, 0.1) is 17.6 Å². The Balaban J connectivity index is 1.18. The van der Waals surface area contributed by atoms with Gasteiger partial charge in [0.25, 0.3) is 5.91 Å². The van der Waals surface area contributed by atoms with E-state index in [0.717, 1.165) is 69.8 Å². The standard InChI is InChI=1S/C25H31N11O/c37-24-22-20(16-26-32-24)28-25(36-11-3-1-2-4-12-36)29-23(22)27-18-5-7-19(8-6-18)35-13-9-17(10-14-35)15-21-30-33-34-31-21/h5-8,16-17,22H,1-4,9-15H2,(H,32,37)(H,30,31,33,34). The Bertz CT molecular complexity index is 1220. The maximum atomic E-state index is 12.7. The Morgan fingerprint density at radius 1 is 0.946 bits per heavy atom. The fourth-order valence-electron chi connectivity index (χ4n) is 5.38. The van der Waals surface area contributed by atoms with Crippen LogP contribution in [-0.2, 0) is 11.2 Å². The van der Waals surface area contributed by atoms with Gasteiger partial charge in [0, 0.05) is 38.3 Å². The van der Waals surface area contributed by atoms with Crippen LogP contribution >= 0.6 is 0 Å². The molecule has 0 aliphatic carbocycles. The number of H-pyrrole nitrogens is 1. The van der Waals surface area contributed by atoms with Gasteiger partial charge in [-0.15, -0.1) is 10.2 Å². The van der Waals surface area contributed by atoms with Crippen molar-refractivity contribution in [2.45, 2.75) is 44.9 Å². The molecule has 1 atom stereocenters. The van der Waals surface area contributed by atoms with E-state index in [1.54, 1.807) is 6.21 Å². The Labute approximate surface area is 215 Å². The molecule has 1 amide bonds. The van der Waals surface area contributed by atoms with Crippen LogP contribution in [0.15, 0.2) is 44.3 Å². The number of aromatic nitrogens is 4. The topological polar surface area (TPSA) is 139 Å². The molecule has 4 aliphatic heterocycles. The van der Waals surface area contributed by atoms with Gasteiger partial charge in [-0.05, 0) is 55.9 Å². The first-order valence-corrected chi connectivity index (χ1v) is 13.1. The summed E-state index contributed by atoms with van der Waals surface area (Å²) in [6.45, 7) is 3.80. The highest BCUT2D eigenvalue weighted by Crippen LogP contribution is 2.28. The van der Waals surface area contributed by atoms with Gasteiger partial charge in [-0.25, -0.2) is 15.4 Å². The minimum Gasteiger partial charge on any atom is -0.372 e. The number of aromatic amines is 1. The molecule has 2 N–H and O–H groups in total. The molecule has 2 saturated heterocycles. The van der Waals surface area contributed by atoms with E-state index in [-0.39, 0.29) is 5.91 Å². The van der Waals surface area contributed by atoms with Gasteiger partial charge in [0.1, 0.15) is 5.92 Å². The highest BCUT2D eigenvalue weighted by molar-refractivity contribution is 6.46. The van der Waals surface area contributed by atoms with Crippen molar-refractivity contribution in [1.82, 2.24) is 30.9 Å². The monoisotopic (exact) mass is 501 g/mol. The molecule has 0 saturated carbocycles. The molecular formula is C25H31N11O. The number of hydrazone groups is 1. The Hall–Kier alpha value is -3.96. The van der Waals surface area contributed by atoms with E-state index >= 15 is 0 Å². The molecule has 2 fully saturated rings. The lowest BCUT2D eigenvalue weighted by Crippen LogP contribution is -2.46.